The molecule has 1 aromatic carbocycles. The highest BCUT2D eigenvalue weighted by molar-refractivity contribution is 9.10. The van der Waals surface area contributed by atoms with Crippen molar-refractivity contribution in [1.29, 1.82) is 0 Å². The summed E-state index contributed by atoms with van der Waals surface area (Å²) in [7, 11) is 3.94. The first kappa shape index (κ1) is 13.1. The molecule has 0 spiro atoms. The topological polar surface area (TPSA) is 46.8 Å². The summed E-state index contributed by atoms with van der Waals surface area (Å²) in [5.41, 5.74) is 2.71. The minimum Gasteiger partial charge on any atom is -0.362 e. The predicted molar refractivity (Wildman–Crippen MR) is 83.4 cm³/mol. The van der Waals surface area contributed by atoms with Crippen LogP contribution >= 0.6 is 15.9 Å². The number of hydrogen-bond acceptors (Lipinski definition) is 4. The Morgan fingerprint density at radius 1 is 1.20 bits per heavy atom. The lowest BCUT2D eigenvalue weighted by Gasteiger charge is -2.11. The Morgan fingerprint density at radius 3 is 2.70 bits per heavy atom. The summed E-state index contributed by atoms with van der Waals surface area (Å²) in [5.74, 6) is 0.883. The van der Waals surface area contributed by atoms with Gasteiger partial charge in [0.2, 0.25) is 0 Å². The SMILES string of the molecule is Cc1nn(-c2cccc(Br)c2)c2ncnc(N(C)C)c12. The first-order chi connectivity index (χ1) is 9.58. The summed E-state index contributed by atoms with van der Waals surface area (Å²) in [6.07, 6.45) is 1.58. The molecule has 0 aliphatic rings. The Kier molecular flexibility index (Phi) is 3.17. The van der Waals surface area contributed by atoms with Crippen molar-refractivity contribution in [1.82, 2.24) is 19.7 Å². The molecule has 0 atom stereocenters. The Morgan fingerprint density at radius 2 is 2.00 bits per heavy atom. The van der Waals surface area contributed by atoms with Crippen molar-refractivity contribution in [2.45, 2.75) is 6.92 Å². The summed E-state index contributed by atoms with van der Waals surface area (Å²) in [5, 5.41) is 5.59. The summed E-state index contributed by atoms with van der Waals surface area (Å²) in [6, 6.07) is 8.00. The molecule has 20 heavy (non-hydrogen) atoms. The molecule has 2 aromatic heterocycles. The molecule has 0 saturated heterocycles. The lowest BCUT2D eigenvalue weighted by molar-refractivity contribution is 0.875. The number of rotatable bonds is 2. The second kappa shape index (κ2) is 4.86. The van der Waals surface area contributed by atoms with Gasteiger partial charge in [-0.05, 0) is 25.1 Å². The molecule has 0 radical (unpaired) electrons. The average molecular weight is 332 g/mol. The molecule has 0 bridgehead atoms. The Hall–Kier alpha value is -1.95. The van der Waals surface area contributed by atoms with Crippen LogP contribution in [0.5, 0.6) is 0 Å². The van der Waals surface area contributed by atoms with Gasteiger partial charge in [0.15, 0.2) is 5.65 Å². The van der Waals surface area contributed by atoms with E-state index >= 15 is 0 Å². The smallest absolute Gasteiger partial charge is 0.168 e. The molecule has 102 valence electrons. The fourth-order valence-corrected chi connectivity index (χ4v) is 2.61. The normalized spacial score (nSPS) is 11.0. The van der Waals surface area contributed by atoms with Gasteiger partial charge in [-0.15, -0.1) is 0 Å². The molecule has 5 nitrogen and oxygen atoms in total. The van der Waals surface area contributed by atoms with E-state index in [2.05, 4.69) is 31.0 Å². The van der Waals surface area contributed by atoms with Crippen LogP contribution in [-0.4, -0.2) is 33.8 Å². The molecule has 0 unspecified atom stereocenters. The summed E-state index contributed by atoms with van der Waals surface area (Å²) >= 11 is 3.49. The summed E-state index contributed by atoms with van der Waals surface area (Å²) in [4.78, 5) is 10.7. The van der Waals surface area contributed by atoms with Crippen LogP contribution in [-0.2, 0) is 0 Å². The number of benzene rings is 1. The highest BCUT2D eigenvalue weighted by atomic mass is 79.9. The van der Waals surface area contributed by atoms with Crippen LogP contribution in [0.1, 0.15) is 5.69 Å². The van der Waals surface area contributed by atoms with Gasteiger partial charge in [0.05, 0.1) is 16.8 Å². The molecule has 0 aliphatic heterocycles. The number of hydrogen-bond donors (Lipinski definition) is 0. The first-order valence-electron chi connectivity index (χ1n) is 6.21. The second-order valence-electron chi connectivity index (χ2n) is 4.77. The fraction of sp³-hybridized carbons (Fsp3) is 0.214. The van der Waals surface area contributed by atoms with Crippen molar-refractivity contribution in [2.24, 2.45) is 0 Å². The standard InChI is InChI=1S/C14H14BrN5/c1-9-12-13(19(2)3)16-8-17-14(12)20(18-9)11-6-4-5-10(15)7-11/h4-8H,1-3H3. The molecule has 3 aromatic rings. The number of fused-ring (bicyclic) bond motifs is 1. The molecule has 0 aliphatic carbocycles. The van der Waals surface area contributed by atoms with E-state index in [9.17, 15) is 0 Å². The third-order valence-corrected chi connectivity index (χ3v) is 3.59. The van der Waals surface area contributed by atoms with Crippen LogP contribution in [0.3, 0.4) is 0 Å². The minimum atomic E-state index is 0.819. The van der Waals surface area contributed by atoms with Gasteiger partial charge in [-0.25, -0.2) is 14.6 Å². The van der Waals surface area contributed by atoms with E-state index in [0.29, 0.717) is 0 Å². The van der Waals surface area contributed by atoms with Gasteiger partial charge in [-0.1, -0.05) is 22.0 Å². The quantitative estimate of drug-likeness (QED) is 0.724. The fourth-order valence-electron chi connectivity index (χ4n) is 2.23. The van der Waals surface area contributed by atoms with E-state index in [4.69, 9.17) is 0 Å². The van der Waals surface area contributed by atoms with Crippen LogP contribution in [0.15, 0.2) is 35.1 Å². The molecule has 6 heteroatoms. The van der Waals surface area contributed by atoms with E-state index in [1.165, 1.54) is 0 Å². The minimum absolute atomic E-state index is 0.819. The van der Waals surface area contributed by atoms with Gasteiger partial charge in [-0.2, -0.15) is 5.10 Å². The van der Waals surface area contributed by atoms with Gasteiger partial charge in [0, 0.05) is 18.6 Å². The molecular weight excluding hydrogens is 318 g/mol. The summed E-state index contributed by atoms with van der Waals surface area (Å²) in [6.45, 7) is 1.98. The van der Waals surface area contributed by atoms with Crippen molar-refractivity contribution >= 4 is 32.8 Å². The zero-order valence-corrected chi connectivity index (χ0v) is 13.1. The van der Waals surface area contributed by atoms with Gasteiger partial charge in [0.1, 0.15) is 12.1 Å². The van der Waals surface area contributed by atoms with E-state index in [1.807, 2.05) is 54.9 Å². The maximum absolute atomic E-state index is 4.61. The number of aryl methyl sites for hydroxylation is 1. The van der Waals surface area contributed by atoms with Gasteiger partial charge < -0.3 is 4.90 Å². The lowest BCUT2D eigenvalue weighted by atomic mass is 10.3. The van der Waals surface area contributed by atoms with Crippen molar-refractivity contribution in [3.05, 3.63) is 40.8 Å². The van der Waals surface area contributed by atoms with Crippen molar-refractivity contribution in [3.63, 3.8) is 0 Å². The first-order valence-corrected chi connectivity index (χ1v) is 7.01. The van der Waals surface area contributed by atoms with Crippen molar-refractivity contribution in [2.75, 3.05) is 19.0 Å². The Balaban J connectivity index is 2.31. The number of halogens is 1. The third kappa shape index (κ3) is 2.06. The highest BCUT2D eigenvalue weighted by Crippen LogP contribution is 2.27. The number of aromatic nitrogens is 4. The molecule has 3 rings (SSSR count). The summed E-state index contributed by atoms with van der Waals surface area (Å²) < 4.78 is 2.86. The van der Waals surface area contributed by atoms with E-state index in [1.54, 1.807) is 6.33 Å². The zero-order chi connectivity index (χ0) is 14.3. The van der Waals surface area contributed by atoms with Crippen LogP contribution in [0, 0.1) is 6.92 Å². The van der Waals surface area contributed by atoms with Gasteiger partial charge >= 0.3 is 0 Å². The third-order valence-electron chi connectivity index (χ3n) is 3.10. The second-order valence-corrected chi connectivity index (χ2v) is 5.68. The van der Waals surface area contributed by atoms with E-state index < -0.39 is 0 Å². The van der Waals surface area contributed by atoms with Crippen molar-refractivity contribution < 1.29 is 0 Å². The Labute approximate surface area is 125 Å². The van der Waals surface area contributed by atoms with E-state index in [0.717, 1.165) is 32.7 Å². The number of nitrogens with zero attached hydrogens (tertiary/aromatic N) is 5. The molecule has 0 N–H and O–H groups in total. The van der Waals surface area contributed by atoms with Crippen LogP contribution in [0.4, 0.5) is 5.82 Å². The Bertz CT molecular complexity index is 778. The highest BCUT2D eigenvalue weighted by Gasteiger charge is 2.16. The lowest BCUT2D eigenvalue weighted by Crippen LogP contribution is -2.11. The molecule has 2 heterocycles. The maximum atomic E-state index is 4.61. The molecule has 0 amide bonds. The average Bonchev–Trinajstić information content (AvgIpc) is 2.76. The van der Waals surface area contributed by atoms with Crippen LogP contribution in [0.25, 0.3) is 16.7 Å². The molecule has 0 saturated carbocycles. The van der Waals surface area contributed by atoms with Crippen LogP contribution in [0.2, 0.25) is 0 Å². The van der Waals surface area contributed by atoms with Crippen LogP contribution < -0.4 is 4.90 Å². The maximum Gasteiger partial charge on any atom is 0.168 e. The molecule has 0 fully saturated rings. The number of anilines is 1. The largest absolute Gasteiger partial charge is 0.362 e. The van der Waals surface area contributed by atoms with Gasteiger partial charge in [-0.3, -0.25) is 0 Å². The van der Waals surface area contributed by atoms with E-state index in [-0.39, 0.29) is 0 Å². The van der Waals surface area contributed by atoms with Gasteiger partial charge in [0.25, 0.3) is 0 Å². The monoisotopic (exact) mass is 331 g/mol. The molecular formula is C14H14BrN5. The predicted octanol–water partition coefficient (Wildman–Crippen LogP) is 2.95. The van der Waals surface area contributed by atoms with Crippen molar-refractivity contribution in [3.8, 4) is 5.69 Å². The zero-order valence-electron chi connectivity index (χ0n) is 11.5.